The van der Waals surface area contributed by atoms with Gasteiger partial charge in [-0.3, -0.25) is 9.10 Å². The molecule has 27 heavy (non-hydrogen) atoms. The fourth-order valence-electron chi connectivity index (χ4n) is 2.37. The number of sulfonamides is 1. The van der Waals surface area contributed by atoms with Crippen LogP contribution in [0.4, 0.5) is 5.69 Å². The van der Waals surface area contributed by atoms with Crippen molar-refractivity contribution in [1.82, 2.24) is 5.32 Å². The molecule has 0 saturated carbocycles. The maximum atomic E-state index is 13.2. The van der Waals surface area contributed by atoms with Crippen LogP contribution in [-0.4, -0.2) is 26.9 Å². The molecule has 0 saturated heterocycles. The molecule has 2 aromatic carbocycles. The predicted molar refractivity (Wildman–Crippen MR) is 110 cm³/mol. The van der Waals surface area contributed by atoms with E-state index in [-0.39, 0.29) is 29.3 Å². The van der Waals surface area contributed by atoms with Gasteiger partial charge in [-0.15, -0.1) is 0 Å². The number of hydrogen-bond acceptors (Lipinski definition) is 3. The van der Waals surface area contributed by atoms with Gasteiger partial charge in [0.1, 0.15) is 6.54 Å². The van der Waals surface area contributed by atoms with Gasteiger partial charge in [-0.25, -0.2) is 8.42 Å². The lowest BCUT2D eigenvalue weighted by Crippen LogP contribution is -2.45. The molecule has 1 atom stereocenters. The highest BCUT2D eigenvalue weighted by Gasteiger charge is 2.28. The molecule has 0 spiro atoms. The van der Waals surface area contributed by atoms with E-state index < -0.39 is 10.0 Å². The molecule has 1 amide bonds. The highest BCUT2D eigenvalue weighted by Crippen LogP contribution is 2.27. The second-order valence-corrected chi connectivity index (χ2v) is 9.13. The first kappa shape index (κ1) is 21.3. The van der Waals surface area contributed by atoms with Gasteiger partial charge in [0.25, 0.3) is 10.0 Å². The van der Waals surface area contributed by atoms with Gasteiger partial charge in [-0.1, -0.05) is 49.7 Å². The summed E-state index contributed by atoms with van der Waals surface area (Å²) in [4.78, 5) is 12.6. The van der Waals surface area contributed by atoms with E-state index in [9.17, 15) is 13.2 Å². The van der Waals surface area contributed by atoms with E-state index in [0.717, 1.165) is 9.87 Å². The standard InChI is InChI=1S/C20H25ClN2O3S/c1-14(2)16(4)22-20(24)13-23(17-11-10-15(3)19(21)12-17)27(25,26)18-8-6-5-7-9-18/h5-12,14,16H,13H2,1-4H3,(H,22,24). The van der Waals surface area contributed by atoms with Gasteiger partial charge in [0.05, 0.1) is 10.6 Å². The van der Waals surface area contributed by atoms with Gasteiger partial charge in [-0.05, 0) is 49.6 Å². The van der Waals surface area contributed by atoms with E-state index in [1.807, 2.05) is 27.7 Å². The first-order chi connectivity index (χ1) is 12.6. The molecule has 0 aliphatic carbocycles. The molecule has 2 rings (SSSR count). The monoisotopic (exact) mass is 408 g/mol. The minimum absolute atomic E-state index is 0.0691. The third-order valence-corrected chi connectivity index (χ3v) is 6.65. The van der Waals surface area contributed by atoms with Crippen molar-refractivity contribution in [1.29, 1.82) is 0 Å². The Labute approximate surface area is 166 Å². The lowest BCUT2D eigenvalue weighted by molar-refractivity contribution is -0.120. The summed E-state index contributed by atoms with van der Waals surface area (Å²) >= 11 is 6.19. The summed E-state index contributed by atoms with van der Waals surface area (Å²) in [5.41, 5.74) is 1.18. The number of aryl methyl sites for hydroxylation is 1. The number of carbonyl (C=O) groups excluding carboxylic acids is 1. The van der Waals surface area contributed by atoms with Gasteiger partial charge < -0.3 is 5.32 Å². The topological polar surface area (TPSA) is 66.5 Å². The summed E-state index contributed by atoms with van der Waals surface area (Å²) in [5.74, 6) is -0.130. The first-order valence-electron chi connectivity index (χ1n) is 8.76. The van der Waals surface area contributed by atoms with Crippen LogP contribution in [0.2, 0.25) is 5.02 Å². The molecule has 0 aromatic heterocycles. The summed E-state index contributed by atoms with van der Waals surface area (Å²) in [5, 5.41) is 3.29. The van der Waals surface area contributed by atoms with Crippen LogP contribution >= 0.6 is 11.6 Å². The SMILES string of the molecule is Cc1ccc(N(CC(=O)NC(C)C(C)C)S(=O)(=O)c2ccccc2)cc1Cl. The van der Waals surface area contributed by atoms with Crippen molar-refractivity contribution in [3.8, 4) is 0 Å². The van der Waals surface area contributed by atoms with Gasteiger partial charge >= 0.3 is 0 Å². The predicted octanol–water partition coefficient (Wildman–Crippen LogP) is 4.00. The number of benzene rings is 2. The maximum absolute atomic E-state index is 13.2. The largest absolute Gasteiger partial charge is 0.352 e. The molecule has 0 heterocycles. The normalized spacial score (nSPS) is 12.7. The Balaban J connectivity index is 2.43. The van der Waals surface area contributed by atoms with Crippen LogP contribution in [0.25, 0.3) is 0 Å². The zero-order valence-electron chi connectivity index (χ0n) is 15.9. The fraction of sp³-hybridized carbons (Fsp3) is 0.350. The summed E-state index contributed by atoms with van der Waals surface area (Å²) in [6.07, 6.45) is 0. The van der Waals surface area contributed by atoms with Gasteiger partial charge in [0.15, 0.2) is 0 Å². The van der Waals surface area contributed by atoms with Crippen molar-refractivity contribution in [3.05, 3.63) is 59.1 Å². The summed E-state index contributed by atoms with van der Waals surface area (Å²) in [6, 6.07) is 12.9. The van der Waals surface area contributed by atoms with E-state index in [1.54, 1.807) is 36.4 Å². The molecular formula is C20H25ClN2O3S. The molecule has 0 aliphatic rings. The molecule has 0 aliphatic heterocycles. The maximum Gasteiger partial charge on any atom is 0.264 e. The van der Waals surface area contributed by atoms with Gasteiger partial charge in [-0.2, -0.15) is 0 Å². The van der Waals surface area contributed by atoms with Crippen LogP contribution in [0.5, 0.6) is 0 Å². The highest BCUT2D eigenvalue weighted by molar-refractivity contribution is 7.92. The van der Waals surface area contributed by atoms with Crippen molar-refractivity contribution in [2.45, 2.75) is 38.6 Å². The number of hydrogen-bond donors (Lipinski definition) is 1. The number of rotatable bonds is 7. The van der Waals surface area contributed by atoms with Crippen LogP contribution in [0, 0.1) is 12.8 Å². The van der Waals surface area contributed by atoms with E-state index in [0.29, 0.717) is 10.7 Å². The highest BCUT2D eigenvalue weighted by atomic mass is 35.5. The van der Waals surface area contributed by atoms with Crippen LogP contribution in [0.15, 0.2) is 53.4 Å². The Morgan fingerprint density at radius 3 is 2.30 bits per heavy atom. The lowest BCUT2D eigenvalue weighted by atomic mass is 10.1. The van der Waals surface area contributed by atoms with Gasteiger partial charge in [0.2, 0.25) is 5.91 Å². The minimum Gasteiger partial charge on any atom is -0.352 e. The van der Waals surface area contributed by atoms with E-state index in [2.05, 4.69) is 5.32 Å². The molecule has 1 unspecified atom stereocenters. The number of anilines is 1. The van der Waals surface area contributed by atoms with E-state index in [1.165, 1.54) is 12.1 Å². The molecule has 1 N–H and O–H groups in total. The Kier molecular flexibility index (Phi) is 6.89. The number of carbonyl (C=O) groups is 1. The molecule has 7 heteroatoms. The summed E-state index contributed by atoms with van der Waals surface area (Å²) in [7, 11) is -3.92. The number of halogens is 1. The molecule has 5 nitrogen and oxygen atoms in total. The van der Waals surface area contributed by atoms with Crippen molar-refractivity contribution >= 4 is 33.2 Å². The van der Waals surface area contributed by atoms with E-state index in [4.69, 9.17) is 11.6 Å². The Morgan fingerprint density at radius 2 is 1.74 bits per heavy atom. The van der Waals surface area contributed by atoms with Gasteiger partial charge in [0, 0.05) is 11.1 Å². The first-order valence-corrected chi connectivity index (χ1v) is 10.6. The lowest BCUT2D eigenvalue weighted by Gasteiger charge is -2.26. The Bertz CT molecular complexity index is 899. The fourth-order valence-corrected chi connectivity index (χ4v) is 3.98. The number of nitrogens with zero attached hydrogens (tertiary/aromatic N) is 1. The van der Waals surface area contributed by atoms with Crippen LogP contribution in [-0.2, 0) is 14.8 Å². The quantitative estimate of drug-likeness (QED) is 0.752. The second-order valence-electron chi connectivity index (χ2n) is 6.86. The Hall–Kier alpha value is -2.05. The zero-order valence-corrected chi connectivity index (χ0v) is 17.5. The number of amides is 1. The summed E-state index contributed by atoms with van der Waals surface area (Å²) < 4.78 is 27.5. The molecule has 0 radical (unpaired) electrons. The van der Waals surface area contributed by atoms with Crippen LogP contribution in [0.3, 0.4) is 0 Å². The van der Waals surface area contributed by atoms with Crippen molar-refractivity contribution in [2.75, 3.05) is 10.8 Å². The third kappa shape index (κ3) is 5.23. The average Bonchev–Trinajstić information content (AvgIpc) is 2.62. The van der Waals surface area contributed by atoms with Crippen LogP contribution in [0.1, 0.15) is 26.3 Å². The number of nitrogens with one attached hydrogen (secondary N) is 1. The zero-order chi connectivity index (χ0) is 20.2. The minimum atomic E-state index is -3.92. The average molecular weight is 409 g/mol. The summed E-state index contributed by atoms with van der Waals surface area (Å²) in [6.45, 7) is 7.38. The van der Waals surface area contributed by atoms with Crippen molar-refractivity contribution in [3.63, 3.8) is 0 Å². The molecule has 2 aromatic rings. The van der Waals surface area contributed by atoms with E-state index >= 15 is 0 Å². The molecule has 0 fully saturated rings. The Morgan fingerprint density at radius 1 is 1.11 bits per heavy atom. The van der Waals surface area contributed by atoms with Crippen LogP contribution < -0.4 is 9.62 Å². The van der Waals surface area contributed by atoms with Crippen molar-refractivity contribution < 1.29 is 13.2 Å². The smallest absolute Gasteiger partial charge is 0.264 e. The van der Waals surface area contributed by atoms with Crippen molar-refractivity contribution in [2.24, 2.45) is 5.92 Å². The second kappa shape index (κ2) is 8.76. The molecular weight excluding hydrogens is 384 g/mol. The molecule has 0 bridgehead atoms. The third-order valence-electron chi connectivity index (χ3n) is 4.45. The molecule has 146 valence electrons.